The van der Waals surface area contributed by atoms with E-state index in [-0.39, 0.29) is 5.54 Å². The molecule has 0 heterocycles. The zero-order chi connectivity index (χ0) is 9.61. The van der Waals surface area contributed by atoms with E-state index in [2.05, 4.69) is 25.0 Å². The van der Waals surface area contributed by atoms with Gasteiger partial charge in [-0.25, -0.2) is 0 Å². The molecule has 0 aromatic heterocycles. The van der Waals surface area contributed by atoms with E-state index in [1.54, 1.807) is 0 Å². The number of hydrazone groups is 1. The average molecular weight is 169 g/mol. The quantitative estimate of drug-likeness (QED) is 0.390. The van der Waals surface area contributed by atoms with Gasteiger partial charge in [-0.3, -0.25) is 5.01 Å². The predicted octanol–water partition coefficient (Wildman–Crippen LogP) is 1.22. The molecule has 1 aliphatic carbocycles. The van der Waals surface area contributed by atoms with Gasteiger partial charge in [-0.05, 0) is 25.8 Å². The summed E-state index contributed by atoms with van der Waals surface area (Å²) < 4.78 is 0. The zero-order valence-electron chi connectivity index (χ0n) is 7.92. The van der Waals surface area contributed by atoms with Crippen LogP contribution in [0.15, 0.2) is 18.3 Å². The van der Waals surface area contributed by atoms with Crippen LogP contribution in [0.3, 0.4) is 0 Å². The van der Waals surface area contributed by atoms with Crippen molar-refractivity contribution in [3.05, 3.63) is 13.2 Å². The van der Waals surface area contributed by atoms with Crippen LogP contribution in [0.5, 0.6) is 0 Å². The van der Waals surface area contributed by atoms with Crippen molar-refractivity contribution in [1.29, 1.82) is 0 Å². The van der Waals surface area contributed by atoms with Gasteiger partial charge in [0.05, 0.1) is 5.54 Å². The van der Waals surface area contributed by atoms with E-state index in [9.17, 15) is 0 Å². The normalized spacial score (nSPS) is 17.2. The van der Waals surface area contributed by atoms with Crippen LogP contribution in [0.4, 0.5) is 0 Å². The molecule has 0 atom stereocenters. The SMILES string of the molecule is C=C.C=NN(C)C1(CCN)CC1. The molecule has 12 heavy (non-hydrogen) atoms. The lowest BCUT2D eigenvalue weighted by molar-refractivity contribution is 0.223. The molecule has 0 aliphatic heterocycles. The maximum absolute atomic E-state index is 5.46. The van der Waals surface area contributed by atoms with Crippen LogP contribution < -0.4 is 5.73 Å². The summed E-state index contributed by atoms with van der Waals surface area (Å²) in [6.45, 7) is 10.2. The van der Waals surface area contributed by atoms with Crippen molar-refractivity contribution >= 4 is 6.72 Å². The van der Waals surface area contributed by atoms with E-state index in [1.165, 1.54) is 12.8 Å². The van der Waals surface area contributed by atoms with Crippen LogP contribution in [-0.4, -0.2) is 30.9 Å². The predicted molar refractivity (Wildman–Crippen MR) is 54.2 cm³/mol. The van der Waals surface area contributed by atoms with E-state index in [4.69, 9.17) is 5.73 Å². The molecule has 1 fully saturated rings. The summed E-state index contributed by atoms with van der Waals surface area (Å²) in [5.74, 6) is 0. The molecule has 0 radical (unpaired) electrons. The number of nitrogens with two attached hydrogens (primary N) is 1. The Labute approximate surface area is 74.9 Å². The van der Waals surface area contributed by atoms with Crippen molar-refractivity contribution < 1.29 is 0 Å². The molecular formula is C9H19N3. The van der Waals surface area contributed by atoms with Gasteiger partial charge in [-0.1, -0.05) is 0 Å². The molecule has 0 aromatic carbocycles. The molecule has 0 bridgehead atoms. The Balaban J connectivity index is 0.000000561. The lowest BCUT2D eigenvalue weighted by atomic mass is 10.2. The first kappa shape index (κ1) is 11.2. The Morgan fingerprint density at radius 2 is 2.00 bits per heavy atom. The Kier molecular flexibility index (Phi) is 4.59. The van der Waals surface area contributed by atoms with Crippen molar-refractivity contribution in [2.24, 2.45) is 10.8 Å². The summed E-state index contributed by atoms with van der Waals surface area (Å²) in [5, 5.41) is 5.81. The molecule has 0 spiro atoms. The van der Waals surface area contributed by atoms with Crippen molar-refractivity contribution in [3.63, 3.8) is 0 Å². The number of nitrogens with zero attached hydrogens (tertiary/aromatic N) is 2. The van der Waals surface area contributed by atoms with Gasteiger partial charge < -0.3 is 5.73 Å². The van der Waals surface area contributed by atoms with Gasteiger partial charge >= 0.3 is 0 Å². The highest BCUT2D eigenvalue weighted by molar-refractivity contribution is 5.23. The Bertz CT molecular complexity index is 141. The average Bonchev–Trinajstić information content (AvgIpc) is 2.89. The molecule has 3 heteroatoms. The molecule has 0 saturated heterocycles. The van der Waals surface area contributed by atoms with E-state index in [0.29, 0.717) is 0 Å². The van der Waals surface area contributed by atoms with E-state index < -0.39 is 0 Å². The van der Waals surface area contributed by atoms with Crippen LogP contribution in [-0.2, 0) is 0 Å². The van der Waals surface area contributed by atoms with Crippen LogP contribution in [0.25, 0.3) is 0 Å². The van der Waals surface area contributed by atoms with Crippen molar-refractivity contribution in [3.8, 4) is 0 Å². The molecule has 1 aliphatic rings. The van der Waals surface area contributed by atoms with Gasteiger partial charge in [-0.2, -0.15) is 5.10 Å². The molecule has 0 unspecified atom stereocenters. The highest BCUT2D eigenvalue weighted by Crippen LogP contribution is 2.43. The summed E-state index contributed by atoms with van der Waals surface area (Å²) in [6, 6.07) is 0. The van der Waals surface area contributed by atoms with Gasteiger partial charge in [0.15, 0.2) is 0 Å². The van der Waals surface area contributed by atoms with Gasteiger partial charge in [0.1, 0.15) is 0 Å². The van der Waals surface area contributed by atoms with Crippen LogP contribution >= 0.6 is 0 Å². The highest BCUT2D eigenvalue weighted by atomic mass is 15.5. The number of hydrogen-bond acceptors (Lipinski definition) is 3. The monoisotopic (exact) mass is 169 g/mol. The number of hydrogen-bond donors (Lipinski definition) is 1. The van der Waals surface area contributed by atoms with Crippen LogP contribution in [0, 0.1) is 0 Å². The van der Waals surface area contributed by atoms with Crippen LogP contribution in [0.2, 0.25) is 0 Å². The fourth-order valence-corrected chi connectivity index (χ4v) is 1.30. The lowest BCUT2D eigenvalue weighted by Gasteiger charge is -2.23. The first-order valence-electron chi connectivity index (χ1n) is 4.16. The Morgan fingerprint density at radius 3 is 2.25 bits per heavy atom. The molecule has 0 aromatic rings. The fourth-order valence-electron chi connectivity index (χ4n) is 1.30. The van der Waals surface area contributed by atoms with E-state index in [1.807, 2.05) is 12.1 Å². The second kappa shape index (κ2) is 4.93. The van der Waals surface area contributed by atoms with E-state index in [0.717, 1.165) is 13.0 Å². The molecule has 3 nitrogen and oxygen atoms in total. The second-order valence-corrected chi connectivity index (χ2v) is 2.93. The minimum absolute atomic E-state index is 0.288. The summed E-state index contributed by atoms with van der Waals surface area (Å²) in [6.07, 6.45) is 3.49. The van der Waals surface area contributed by atoms with Gasteiger partial charge in [0, 0.05) is 13.8 Å². The van der Waals surface area contributed by atoms with E-state index >= 15 is 0 Å². The Hall–Kier alpha value is -0.830. The third kappa shape index (κ3) is 2.34. The Morgan fingerprint density at radius 1 is 1.50 bits per heavy atom. The summed E-state index contributed by atoms with van der Waals surface area (Å²) in [7, 11) is 1.97. The maximum Gasteiger partial charge on any atom is 0.0589 e. The fraction of sp³-hybridized carbons (Fsp3) is 0.667. The summed E-state index contributed by atoms with van der Waals surface area (Å²) >= 11 is 0. The molecule has 2 N–H and O–H groups in total. The maximum atomic E-state index is 5.46. The van der Waals surface area contributed by atoms with Crippen molar-refractivity contribution in [2.45, 2.75) is 24.8 Å². The first-order chi connectivity index (χ1) is 5.75. The smallest absolute Gasteiger partial charge is 0.0589 e. The third-order valence-electron chi connectivity index (χ3n) is 2.34. The molecule has 1 saturated carbocycles. The minimum Gasteiger partial charge on any atom is -0.330 e. The van der Waals surface area contributed by atoms with Crippen molar-refractivity contribution in [1.82, 2.24) is 5.01 Å². The lowest BCUT2D eigenvalue weighted by Crippen LogP contribution is -2.31. The first-order valence-corrected chi connectivity index (χ1v) is 4.16. The molecule has 0 amide bonds. The topological polar surface area (TPSA) is 41.6 Å². The largest absolute Gasteiger partial charge is 0.330 e. The van der Waals surface area contributed by atoms with Crippen LogP contribution in [0.1, 0.15) is 19.3 Å². The summed E-state index contributed by atoms with van der Waals surface area (Å²) in [4.78, 5) is 0. The van der Waals surface area contributed by atoms with Gasteiger partial charge in [0.25, 0.3) is 0 Å². The second-order valence-electron chi connectivity index (χ2n) is 2.93. The van der Waals surface area contributed by atoms with Gasteiger partial charge in [-0.15, -0.1) is 13.2 Å². The standard InChI is InChI=1S/C7H15N3.C2H4/c1-9-10(2)7(3-4-7)5-6-8;1-2/h1,3-6,8H2,2H3;1-2H2. The third-order valence-corrected chi connectivity index (χ3v) is 2.34. The van der Waals surface area contributed by atoms with Crippen molar-refractivity contribution in [2.75, 3.05) is 13.6 Å². The molecule has 70 valence electrons. The highest BCUT2D eigenvalue weighted by Gasteiger charge is 2.45. The molecule has 1 rings (SSSR count). The van der Waals surface area contributed by atoms with Gasteiger partial charge in [0.2, 0.25) is 0 Å². The molecular weight excluding hydrogens is 150 g/mol. The number of rotatable bonds is 4. The minimum atomic E-state index is 0.288. The zero-order valence-corrected chi connectivity index (χ0v) is 7.92. The summed E-state index contributed by atoms with van der Waals surface area (Å²) in [5.41, 5.74) is 5.75.